The summed E-state index contributed by atoms with van der Waals surface area (Å²) >= 11 is 0. The minimum Gasteiger partial charge on any atom is -0.478 e. The van der Waals surface area contributed by atoms with Crippen molar-refractivity contribution in [3.05, 3.63) is 29.3 Å². The zero-order valence-electron chi connectivity index (χ0n) is 9.54. The highest BCUT2D eigenvalue weighted by Crippen LogP contribution is 2.20. The molecule has 0 saturated heterocycles. The fourth-order valence-electron chi connectivity index (χ4n) is 1.23. The summed E-state index contributed by atoms with van der Waals surface area (Å²) in [5.41, 5.74) is -0.567. The monoisotopic (exact) mass is 274 g/mol. The number of carbonyl (C=O) groups is 2. The Morgan fingerprint density at radius 3 is 2.28 bits per heavy atom. The molecule has 8 heteroatoms. The van der Waals surface area contributed by atoms with Gasteiger partial charge in [-0.3, -0.25) is 4.18 Å². The Labute approximate surface area is 103 Å². The van der Waals surface area contributed by atoms with E-state index >= 15 is 0 Å². The highest BCUT2D eigenvalue weighted by molar-refractivity contribution is 7.86. The summed E-state index contributed by atoms with van der Waals surface area (Å²) in [6.45, 7) is 0. The van der Waals surface area contributed by atoms with E-state index in [0.29, 0.717) is 0 Å². The first-order chi connectivity index (χ1) is 8.33. The normalized spacial score (nSPS) is 11.0. The summed E-state index contributed by atoms with van der Waals surface area (Å²) in [4.78, 5) is 21.6. The van der Waals surface area contributed by atoms with Gasteiger partial charge >= 0.3 is 11.9 Å². The number of rotatable bonds is 4. The van der Waals surface area contributed by atoms with Crippen molar-refractivity contribution in [1.82, 2.24) is 0 Å². The first-order valence-corrected chi connectivity index (χ1v) is 6.00. The predicted molar refractivity (Wildman–Crippen MR) is 58.9 cm³/mol. The Hall–Kier alpha value is -1.93. The van der Waals surface area contributed by atoms with E-state index in [1.165, 1.54) is 0 Å². The molecule has 7 nitrogen and oxygen atoms in total. The quantitative estimate of drug-likeness (QED) is 0.629. The van der Waals surface area contributed by atoms with Gasteiger partial charge in [-0.05, 0) is 18.2 Å². The van der Waals surface area contributed by atoms with Crippen molar-refractivity contribution >= 4 is 22.1 Å². The number of methoxy groups -OCH3 is 1. The third-order valence-electron chi connectivity index (χ3n) is 2.12. The van der Waals surface area contributed by atoms with E-state index in [4.69, 9.17) is 5.11 Å². The molecule has 0 aliphatic heterocycles. The van der Waals surface area contributed by atoms with Gasteiger partial charge in [0.1, 0.15) is 4.90 Å². The molecule has 1 rings (SSSR count). The summed E-state index contributed by atoms with van der Waals surface area (Å²) in [6.07, 6.45) is 0. The molecule has 1 aromatic carbocycles. The number of carboxylic acids is 1. The number of ether oxygens (including phenoxy) is 1. The number of esters is 1. The molecule has 98 valence electrons. The largest absolute Gasteiger partial charge is 0.478 e. The summed E-state index contributed by atoms with van der Waals surface area (Å²) < 4.78 is 31.9. The fraction of sp³-hybridized carbons (Fsp3) is 0.200. The van der Waals surface area contributed by atoms with Crippen LogP contribution in [0.15, 0.2) is 23.1 Å². The third kappa shape index (κ3) is 2.66. The van der Waals surface area contributed by atoms with E-state index in [9.17, 15) is 18.0 Å². The number of carbonyl (C=O) groups excluding carboxylic acids is 1. The van der Waals surface area contributed by atoms with Crippen molar-refractivity contribution in [2.24, 2.45) is 0 Å². The lowest BCUT2D eigenvalue weighted by Crippen LogP contribution is -2.13. The number of hydrogen-bond acceptors (Lipinski definition) is 6. The molecule has 0 amide bonds. The van der Waals surface area contributed by atoms with Crippen LogP contribution in [0.5, 0.6) is 0 Å². The number of carboxylic acid groups (broad SMARTS) is 1. The highest BCUT2D eigenvalue weighted by Gasteiger charge is 2.24. The van der Waals surface area contributed by atoms with Crippen molar-refractivity contribution in [2.75, 3.05) is 14.2 Å². The number of aromatic carboxylic acids is 1. The standard InChI is InChI=1S/C10H10O7S/c1-16-10(13)7-4-3-6(9(11)12)5-8(7)18(14,15)17-2/h3-5H,1-2H3,(H,11,12). The first-order valence-electron chi connectivity index (χ1n) is 4.59. The molecule has 1 aromatic rings. The lowest BCUT2D eigenvalue weighted by molar-refractivity contribution is 0.0593. The van der Waals surface area contributed by atoms with Gasteiger partial charge in [0.2, 0.25) is 0 Å². The van der Waals surface area contributed by atoms with E-state index in [0.717, 1.165) is 32.4 Å². The van der Waals surface area contributed by atoms with Gasteiger partial charge in [0.05, 0.1) is 25.3 Å². The SMILES string of the molecule is COC(=O)c1ccc(C(=O)O)cc1S(=O)(=O)OC. The predicted octanol–water partition coefficient (Wildman–Crippen LogP) is 0.506. The molecule has 0 heterocycles. The van der Waals surface area contributed by atoms with Crippen LogP contribution in [0.3, 0.4) is 0 Å². The molecule has 0 fully saturated rings. The Balaban J connectivity index is 3.56. The van der Waals surface area contributed by atoms with Gasteiger partial charge in [0.15, 0.2) is 0 Å². The van der Waals surface area contributed by atoms with Crippen LogP contribution in [0.2, 0.25) is 0 Å². The summed E-state index contributed by atoms with van der Waals surface area (Å²) in [7, 11) is -2.22. The second kappa shape index (κ2) is 5.15. The minimum atomic E-state index is -4.20. The molecule has 0 aliphatic carbocycles. The molecule has 0 saturated carbocycles. The average molecular weight is 274 g/mol. The van der Waals surface area contributed by atoms with Gasteiger partial charge in [-0.25, -0.2) is 9.59 Å². The summed E-state index contributed by atoms with van der Waals surface area (Å²) in [5.74, 6) is -2.22. The summed E-state index contributed by atoms with van der Waals surface area (Å²) in [5, 5.41) is 8.78. The maximum atomic E-state index is 11.6. The molecule has 0 spiro atoms. The average Bonchev–Trinajstić information content (AvgIpc) is 2.36. The van der Waals surface area contributed by atoms with Crippen molar-refractivity contribution in [2.45, 2.75) is 4.90 Å². The first kappa shape index (κ1) is 14.1. The van der Waals surface area contributed by atoms with Crippen LogP contribution in [-0.4, -0.2) is 39.7 Å². The lowest BCUT2D eigenvalue weighted by Gasteiger charge is -2.08. The Kier molecular flexibility index (Phi) is 4.04. The fourth-order valence-corrected chi connectivity index (χ4v) is 2.10. The molecule has 18 heavy (non-hydrogen) atoms. The van der Waals surface area contributed by atoms with E-state index in [2.05, 4.69) is 8.92 Å². The zero-order valence-corrected chi connectivity index (χ0v) is 10.4. The Bertz CT molecular complexity index is 588. The number of benzene rings is 1. The summed E-state index contributed by atoms with van der Waals surface area (Å²) in [6, 6.07) is 3.00. The van der Waals surface area contributed by atoms with Gasteiger partial charge < -0.3 is 9.84 Å². The van der Waals surface area contributed by atoms with Crippen molar-refractivity contribution in [1.29, 1.82) is 0 Å². The Morgan fingerprint density at radius 2 is 1.83 bits per heavy atom. The van der Waals surface area contributed by atoms with Crippen molar-refractivity contribution < 1.29 is 32.0 Å². The smallest absolute Gasteiger partial charge is 0.339 e. The van der Waals surface area contributed by atoms with Crippen LogP contribution >= 0.6 is 0 Å². The maximum absolute atomic E-state index is 11.6. The van der Waals surface area contributed by atoms with Crippen LogP contribution in [0, 0.1) is 0 Å². The molecule has 0 aromatic heterocycles. The second-order valence-corrected chi connectivity index (χ2v) is 4.81. The van der Waals surface area contributed by atoms with E-state index in [1.54, 1.807) is 0 Å². The highest BCUT2D eigenvalue weighted by atomic mass is 32.2. The molecule has 0 bridgehead atoms. The minimum absolute atomic E-state index is 0.279. The topological polar surface area (TPSA) is 107 Å². The van der Waals surface area contributed by atoms with E-state index in [1.807, 2.05) is 0 Å². The molecule has 0 aliphatic rings. The van der Waals surface area contributed by atoms with Gasteiger partial charge in [-0.2, -0.15) is 8.42 Å². The lowest BCUT2D eigenvalue weighted by atomic mass is 10.1. The van der Waals surface area contributed by atoms with Crippen LogP contribution in [0.4, 0.5) is 0 Å². The second-order valence-electron chi connectivity index (χ2n) is 3.13. The van der Waals surface area contributed by atoms with Crippen LogP contribution in [0.1, 0.15) is 20.7 Å². The van der Waals surface area contributed by atoms with Crippen LogP contribution in [-0.2, 0) is 19.0 Å². The van der Waals surface area contributed by atoms with Crippen LogP contribution in [0.25, 0.3) is 0 Å². The molecule has 0 atom stereocenters. The van der Waals surface area contributed by atoms with Crippen LogP contribution < -0.4 is 0 Å². The molecular weight excluding hydrogens is 264 g/mol. The van der Waals surface area contributed by atoms with Crippen molar-refractivity contribution in [3.63, 3.8) is 0 Å². The molecule has 0 unspecified atom stereocenters. The van der Waals surface area contributed by atoms with E-state index in [-0.39, 0.29) is 11.1 Å². The Morgan fingerprint density at radius 1 is 1.22 bits per heavy atom. The zero-order chi connectivity index (χ0) is 13.9. The van der Waals surface area contributed by atoms with Gasteiger partial charge in [-0.15, -0.1) is 0 Å². The van der Waals surface area contributed by atoms with Crippen molar-refractivity contribution in [3.8, 4) is 0 Å². The van der Waals surface area contributed by atoms with Gasteiger partial charge in [0.25, 0.3) is 10.1 Å². The molecule has 1 N–H and O–H groups in total. The third-order valence-corrected chi connectivity index (χ3v) is 3.44. The van der Waals surface area contributed by atoms with Gasteiger partial charge in [0, 0.05) is 0 Å². The van der Waals surface area contributed by atoms with E-state index < -0.39 is 27.0 Å². The van der Waals surface area contributed by atoms with Gasteiger partial charge in [-0.1, -0.05) is 0 Å². The molecular formula is C10H10O7S. The molecule has 0 radical (unpaired) electrons. The maximum Gasteiger partial charge on any atom is 0.339 e. The number of hydrogen-bond donors (Lipinski definition) is 1.